The second kappa shape index (κ2) is 15.0. The van der Waals surface area contributed by atoms with Gasteiger partial charge in [0.1, 0.15) is 0 Å². The van der Waals surface area contributed by atoms with Crippen LogP contribution in [0.3, 0.4) is 0 Å². The van der Waals surface area contributed by atoms with Gasteiger partial charge in [-0.15, -0.1) is 0 Å². The maximum absolute atomic E-state index is 10.0. The van der Waals surface area contributed by atoms with E-state index in [4.69, 9.17) is 0 Å². The highest BCUT2D eigenvalue weighted by molar-refractivity contribution is 5.31. The molecule has 1 N–H and O–H groups in total. The lowest BCUT2D eigenvalue weighted by Crippen LogP contribution is -2.14. The van der Waals surface area contributed by atoms with Crippen LogP contribution in [0.5, 0.6) is 0 Å². The molecule has 0 aromatic carbocycles. The number of aliphatic hydroxyl groups is 1. The first kappa shape index (κ1) is 27.2. The van der Waals surface area contributed by atoms with Gasteiger partial charge in [-0.2, -0.15) is 5.92 Å². The summed E-state index contributed by atoms with van der Waals surface area (Å²) in [6, 6.07) is 0. The molecule has 1 nitrogen and oxygen atoms in total. The predicted molar refractivity (Wildman–Crippen MR) is 146 cm³/mol. The van der Waals surface area contributed by atoms with Crippen molar-refractivity contribution in [3.8, 4) is 0 Å². The molecule has 0 bridgehead atoms. The molecule has 0 spiro atoms. The van der Waals surface area contributed by atoms with Crippen LogP contribution in [0.15, 0.2) is 83.7 Å². The van der Waals surface area contributed by atoms with Crippen molar-refractivity contribution in [1.29, 1.82) is 0 Å². The van der Waals surface area contributed by atoms with Crippen LogP contribution in [-0.2, 0) is 0 Å². The lowest BCUT2D eigenvalue weighted by molar-refractivity contribution is 0.407. The topological polar surface area (TPSA) is 20.2 Å². The van der Waals surface area contributed by atoms with Gasteiger partial charge < -0.3 is 12.0 Å². The van der Waals surface area contributed by atoms with Gasteiger partial charge in [-0.25, -0.2) is 0 Å². The summed E-state index contributed by atoms with van der Waals surface area (Å²) in [7, 11) is 0. The third kappa shape index (κ3) is 9.40. The number of aliphatic hydroxyl groups excluding tert-OH is 1. The summed E-state index contributed by atoms with van der Waals surface area (Å²) in [6.45, 7) is 16.8. The molecule has 0 aliphatic heterocycles. The van der Waals surface area contributed by atoms with E-state index >= 15 is 0 Å². The van der Waals surface area contributed by atoms with E-state index < -0.39 is 0 Å². The first-order valence-corrected chi connectivity index (χ1v) is 13.1. The average molecular weight is 448 g/mol. The van der Waals surface area contributed by atoms with Crippen molar-refractivity contribution >= 4 is 0 Å². The molecule has 2 unspecified atom stereocenters. The standard InChI is InChI=1S/C32H47O/c1-6-8-11-16-30-22-27(5)32(31(24-33)21-26(30)4)23-28(7-2)19-17-25(3)18-20-29-14-12-9-10-13-15-29/h6-8,11,17,19,24,27,29,32-33H,1-2,5,9-10,12-16,18,20-23H2,3-4H3/q-1/b11-8-,25-17+,28-19+,31-24-. The van der Waals surface area contributed by atoms with Crippen molar-refractivity contribution in [3.63, 3.8) is 0 Å². The van der Waals surface area contributed by atoms with Crippen LogP contribution in [0.1, 0.15) is 90.9 Å². The van der Waals surface area contributed by atoms with E-state index in [1.165, 1.54) is 79.9 Å². The molecule has 1 saturated carbocycles. The summed E-state index contributed by atoms with van der Waals surface area (Å²) in [5.74, 6) is 1.38. The van der Waals surface area contributed by atoms with Gasteiger partial charge in [-0.1, -0.05) is 111 Å². The summed E-state index contributed by atoms with van der Waals surface area (Å²) in [5, 5.41) is 10.0. The molecule has 182 valence electrons. The van der Waals surface area contributed by atoms with Crippen molar-refractivity contribution in [1.82, 2.24) is 0 Å². The molecule has 1 heteroatoms. The monoisotopic (exact) mass is 447 g/mol. The van der Waals surface area contributed by atoms with E-state index in [1.807, 2.05) is 18.2 Å². The zero-order chi connectivity index (χ0) is 24.1. The minimum Gasteiger partial charge on any atom is -0.516 e. The molecule has 2 aliphatic rings. The predicted octanol–water partition coefficient (Wildman–Crippen LogP) is 9.94. The molecular formula is C32H47O-. The van der Waals surface area contributed by atoms with Crippen molar-refractivity contribution < 1.29 is 5.11 Å². The Labute approximate surface area is 204 Å². The first-order valence-electron chi connectivity index (χ1n) is 13.1. The van der Waals surface area contributed by atoms with Gasteiger partial charge in [0.25, 0.3) is 0 Å². The van der Waals surface area contributed by atoms with Crippen LogP contribution < -0.4 is 0 Å². The Morgan fingerprint density at radius 1 is 1.12 bits per heavy atom. The molecule has 33 heavy (non-hydrogen) atoms. The van der Waals surface area contributed by atoms with E-state index in [9.17, 15) is 5.11 Å². The second-order valence-corrected chi connectivity index (χ2v) is 10.3. The maximum atomic E-state index is 10.0. The molecule has 0 aromatic heterocycles. The van der Waals surface area contributed by atoms with Gasteiger partial charge in [-0.05, 0) is 68.9 Å². The third-order valence-corrected chi connectivity index (χ3v) is 7.65. The lowest BCUT2D eigenvalue weighted by Gasteiger charge is -2.30. The summed E-state index contributed by atoms with van der Waals surface area (Å²) in [4.78, 5) is 0. The van der Waals surface area contributed by atoms with Gasteiger partial charge in [0, 0.05) is 0 Å². The van der Waals surface area contributed by atoms with Crippen LogP contribution in [0.2, 0.25) is 0 Å². The minimum absolute atomic E-state index is 0.231. The molecule has 0 aromatic rings. The van der Waals surface area contributed by atoms with Crippen LogP contribution in [0.25, 0.3) is 0 Å². The van der Waals surface area contributed by atoms with Crippen LogP contribution in [-0.4, -0.2) is 5.11 Å². The van der Waals surface area contributed by atoms with Crippen LogP contribution >= 0.6 is 0 Å². The Balaban J connectivity index is 2.03. The van der Waals surface area contributed by atoms with E-state index in [2.05, 4.69) is 52.2 Å². The van der Waals surface area contributed by atoms with Crippen LogP contribution in [0.4, 0.5) is 0 Å². The highest BCUT2D eigenvalue weighted by atomic mass is 16.2. The molecule has 1 fully saturated rings. The highest BCUT2D eigenvalue weighted by Crippen LogP contribution is 2.40. The molecule has 2 rings (SSSR count). The van der Waals surface area contributed by atoms with Crippen molar-refractivity contribution in [2.45, 2.75) is 90.9 Å². The molecular weight excluding hydrogens is 400 g/mol. The summed E-state index contributed by atoms with van der Waals surface area (Å²) >= 11 is 0. The highest BCUT2D eigenvalue weighted by Gasteiger charge is 2.24. The Morgan fingerprint density at radius 2 is 1.85 bits per heavy atom. The van der Waals surface area contributed by atoms with Gasteiger partial charge >= 0.3 is 0 Å². The lowest BCUT2D eigenvalue weighted by atomic mass is 9.80. The number of hydrogen-bond acceptors (Lipinski definition) is 1. The third-order valence-electron chi connectivity index (χ3n) is 7.65. The smallest absolute Gasteiger partial charge is 0.0788 e. The largest absolute Gasteiger partial charge is 0.516 e. The second-order valence-electron chi connectivity index (χ2n) is 10.3. The van der Waals surface area contributed by atoms with Crippen molar-refractivity contribution in [3.05, 3.63) is 90.7 Å². The molecule has 2 atom stereocenters. The van der Waals surface area contributed by atoms with Gasteiger partial charge in [0.2, 0.25) is 0 Å². The first-order chi connectivity index (χ1) is 16.0. The molecule has 0 saturated heterocycles. The molecule has 2 aliphatic carbocycles. The van der Waals surface area contributed by atoms with Gasteiger partial charge in [0.15, 0.2) is 0 Å². The summed E-state index contributed by atoms with van der Waals surface area (Å²) in [6.07, 6.45) is 28.5. The van der Waals surface area contributed by atoms with Crippen molar-refractivity contribution in [2.75, 3.05) is 0 Å². The maximum Gasteiger partial charge on any atom is 0.0788 e. The molecule has 0 amide bonds. The van der Waals surface area contributed by atoms with E-state index in [1.54, 1.807) is 0 Å². The zero-order valence-electron chi connectivity index (χ0n) is 21.3. The van der Waals surface area contributed by atoms with Gasteiger partial charge in [-0.3, -0.25) is 0 Å². The quantitative estimate of drug-likeness (QED) is 0.116. The summed E-state index contributed by atoms with van der Waals surface area (Å²) in [5.41, 5.74) is 6.58. The van der Waals surface area contributed by atoms with E-state index in [0.29, 0.717) is 0 Å². The molecule has 0 heterocycles. The zero-order valence-corrected chi connectivity index (χ0v) is 21.3. The average Bonchev–Trinajstić information content (AvgIpc) is 3.14. The Morgan fingerprint density at radius 3 is 2.48 bits per heavy atom. The number of rotatable bonds is 10. The normalized spacial score (nSPS) is 25.4. The van der Waals surface area contributed by atoms with Crippen molar-refractivity contribution in [2.24, 2.45) is 17.8 Å². The minimum atomic E-state index is 0.231. The fourth-order valence-corrected chi connectivity index (χ4v) is 5.39. The van der Waals surface area contributed by atoms with E-state index in [0.717, 1.165) is 37.2 Å². The Hall–Kier alpha value is -2.02. The fourth-order valence-electron chi connectivity index (χ4n) is 5.39. The summed E-state index contributed by atoms with van der Waals surface area (Å²) < 4.78 is 0. The SMILES string of the molecule is C=C/C=C\CC1=C(C)C/C(=C/O)C(C/C(C=C)=C/C=C(\C)CCC2CCCCCC2)C([CH2-])C1. The molecule has 0 radical (unpaired) electrons. The van der Waals surface area contributed by atoms with Gasteiger partial charge in [0.05, 0.1) is 6.26 Å². The van der Waals surface area contributed by atoms with Crippen LogP contribution in [0, 0.1) is 24.7 Å². The number of hydrogen-bond donors (Lipinski definition) is 1. The number of allylic oxidation sites excluding steroid dienone is 11. The Bertz CT molecular complexity index is 777. The fraction of sp³-hybridized carbons (Fsp3) is 0.531. The van der Waals surface area contributed by atoms with E-state index in [-0.39, 0.29) is 11.8 Å². The Kier molecular flexibility index (Phi) is 12.4.